The fraction of sp³-hybridized carbons (Fsp3) is 0.370. The molecule has 0 aliphatic heterocycles. The number of aryl methyl sites for hydroxylation is 1. The Kier molecular flexibility index (Phi) is 8.34. The van der Waals surface area contributed by atoms with Crippen molar-refractivity contribution in [2.45, 2.75) is 52.4 Å². The number of methoxy groups -OCH3 is 1. The Labute approximate surface area is 184 Å². The third-order valence-corrected chi connectivity index (χ3v) is 5.51. The molecule has 0 unspecified atom stereocenters. The highest BCUT2D eigenvalue weighted by Gasteiger charge is 2.10. The molecule has 2 aromatic carbocycles. The fourth-order valence-corrected chi connectivity index (χ4v) is 3.60. The molecule has 4 nitrogen and oxygen atoms in total. The molecule has 0 aliphatic carbocycles. The molecule has 0 amide bonds. The lowest BCUT2D eigenvalue weighted by molar-refractivity contribution is 0.304. The molecule has 0 bridgehead atoms. The largest absolute Gasteiger partial charge is 0.497 e. The van der Waals surface area contributed by atoms with Gasteiger partial charge in [0.05, 0.1) is 19.3 Å². The average Bonchev–Trinajstić information content (AvgIpc) is 2.78. The lowest BCUT2D eigenvalue weighted by Crippen LogP contribution is -2.06. The normalized spacial score (nSPS) is 11.3. The van der Waals surface area contributed by atoms with Crippen LogP contribution in [0, 0.1) is 6.92 Å². The van der Waals surface area contributed by atoms with Crippen molar-refractivity contribution in [3.8, 4) is 11.5 Å². The zero-order valence-electron chi connectivity index (χ0n) is 18.8. The molecule has 0 radical (unpaired) electrons. The topological polar surface area (TPSA) is 48.7 Å². The van der Waals surface area contributed by atoms with Crippen LogP contribution in [0.15, 0.2) is 51.7 Å². The van der Waals surface area contributed by atoms with Gasteiger partial charge in [-0.15, -0.1) is 0 Å². The van der Waals surface area contributed by atoms with Crippen molar-refractivity contribution < 1.29 is 13.9 Å². The fourth-order valence-electron chi connectivity index (χ4n) is 3.60. The molecule has 0 aliphatic rings. The van der Waals surface area contributed by atoms with E-state index in [0.717, 1.165) is 34.4 Å². The molecule has 0 saturated carbocycles. The standard InChI is InChI=1S/C27H32O4/c1-4-5-6-7-8-9-18-30-23-15-17-24-20(2)25(27(28)31-26(24)19-23)16-12-21-10-13-22(29-3)14-11-21/h10-17,19H,4-9,18H2,1-3H3/b16-12+. The summed E-state index contributed by atoms with van der Waals surface area (Å²) in [7, 11) is 1.64. The second-order valence-corrected chi connectivity index (χ2v) is 7.81. The van der Waals surface area contributed by atoms with Gasteiger partial charge in [0.2, 0.25) is 0 Å². The van der Waals surface area contributed by atoms with E-state index in [9.17, 15) is 4.79 Å². The van der Waals surface area contributed by atoms with Crippen LogP contribution in [0.3, 0.4) is 0 Å². The predicted octanol–water partition coefficient (Wildman–Crippen LogP) is 7.02. The van der Waals surface area contributed by atoms with E-state index in [1.165, 1.54) is 32.1 Å². The van der Waals surface area contributed by atoms with Crippen molar-refractivity contribution in [2.75, 3.05) is 13.7 Å². The van der Waals surface area contributed by atoms with Crippen molar-refractivity contribution in [1.82, 2.24) is 0 Å². The number of benzene rings is 2. The Morgan fingerprint density at radius 3 is 2.35 bits per heavy atom. The van der Waals surface area contributed by atoms with Crippen LogP contribution in [0.1, 0.15) is 62.1 Å². The Bertz CT molecular complexity index is 1060. The molecule has 1 aromatic heterocycles. The van der Waals surface area contributed by atoms with Crippen molar-refractivity contribution in [3.05, 3.63) is 69.6 Å². The van der Waals surface area contributed by atoms with Gasteiger partial charge in [-0.3, -0.25) is 0 Å². The minimum Gasteiger partial charge on any atom is -0.497 e. The number of ether oxygens (including phenoxy) is 2. The van der Waals surface area contributed by atoms with Crippen LogP contribution in [0.2, 0.25) is 0 Å². The number of hydrogen-bond acceptors (Lipinski definition) is 4. The van der Waals surface area contributed by atoms with Gasteiger partial charge in [0.15, 0.2) is 0 Å². The second-order valence-electron chi connectivity index (χ2n) is 7.81. The van der Waals surface area contributed by atoms with E-state index in [0.29, 0.717) is 17.8 Å². The Hall–Kier alpha value is -3.01. The van der Waals surface area contributed by atoms with Crippen LogP contribution in [0.25, 0.3) is 23.1 Å². The molecule has 0 saturated heterocycles. The van der Waals surface area contributed by atoms with E-state index < -0.39 is 0 Å². The highest BCUT2D eigenvalue weighted by atomic mass is 16.5. The average molecular weight is 421 g/mol. The minimum absolute atomic E-state index is 0.345. The van der Waals surface area contributed by atoms with Crippen LogP contribution in [-0.2, 0) is 0 Å². The summed E-state index contributed by atoms with van der Waals surface area (Å²) in [5.41, 5.74) is 2.66. The zero-order valence-corrected chi connectivity index (χ0v) is 18.8. The summed E-state index contributed by atoms with van der Waals surface area (Å²) >= 11 is 0. The van der Waals surface area contributed by atoms with E-state index in [4.69, 9.17) is 13.9 Å². The lowest BCUT2D eigenvalue weighted by Gasteiger charge is -2.09. The maximum absolute atomic E-state index is 12.6. The first-order chi connectivity index (χ1) is 15.1. The highest BCUT2D eigenvalue weighted by molar-refractivity contribution is 5.85. The molecule has 0 fully saturated rings. The summed E-state index contributed by atoms with van der Waals surface area (Å²) in [4.78, 5) is 12.6. The van der Waals surface area contributed by atoms with Crippen molar-refractivity contribution >= 4 is 23.1 Å². The van der Waals surface area contributed by atoms with Gasteiger partial charge in [-0.1, -0.05) is 57.2 Å². The second kappa shape index (κ2) is 11.4. The van der Waals surface area contributed by atoms with Crippen LogP contribution < -0.4 is 15.1 Å². The van der Waals surface area contributed by atoms with Gasteiger partial charge in [0.1, 0.15) is 17.1 Å². The number of hydrogen-bond donors (Lipinski definition) is 0. The zero-order chi connectivity index (χ0) is 22.1. The van der Waals surface area contributed by atoms with Gasteiger partial charge in [0.25, 0.3) is 0 Å². The van der Waals surface area contributed by atoms with Gasteiger partial charge >= 0.3 is 5.63 Å². The van der Waals surface area contributed by atoms with Gasteiger partial charge in [0, 0.05) is 11.5 Å². The molecule has 3 rings (SSSR count). The Balaban J connectivity index is 1.69. The van der Waals surface area contributed by atoms with E-state index in [1.807, 2.05) is 61.5 Å². The van der Waals surface area contributed by atoms with Crippen LogP contribution >= 0.6 is 0 Å². The summed E-state index contributed by atoms with van der Waals surface area (Å²) < 4.78 is 16.7. The molecule has 31 heavy (non-hydrogen) atoms. The monoisotopic (exact) mass is 420 g/mol. The van der Waals surface area contributed by atoms with Gasteiger partial charge in [-0.25, -0.2) is 4.79 Å². The number of rotatable bonds is 11. The molecule has 0 atom stereocenters. The first kappa shape index (κ1) is 22.7. The van der Waals surface area contributed by atoms with Gasteiger partial charge in [-0.2, -0.15) is 0 Å². The van der Waals surface area contributed by atoms with Crippen molar-refractivity contribution in [3.63, 3.8) is 0 Å². The van der Waals surface area contributed by atoms with Crippen LogP contribution in [0.5, 0.6) is 11.5 Å². The van der Waals surface area contributed by atoms with E-state index in [1.54, 1.807) is 7.11 Å². The molecule has 1 heterocycles. The maximum atomic E-state index is 12.6. The number of fused-ring (bicyclic) bond motifs is 1. The first-order valence-electron chi connectivity index (χ1n) is 11.1. The van der Waals surface area contributed by atoms with Crippen LogP contribution in [-0.4, -0.2) is 13.7 Å². The SMILES string of the molecule is CCCCCCCCOc1ccc2c(C)c(/C=C/c3ccc(OC)cc3)c(=O)oc2c1. The summed E-state index contributed by atoms with van der Waals surface area (Å²) in [5, 5.41) is 0.917. The quantitative estimate of drug-likeness (QED) is 0.247. The van der Waals surface area contributed by atoms with Crippen LogP contribution in [0.4, 0.5) is 0 Å². The van der Waals surface area contributed by atoms with Gasteiger partial charge in [-0.05, 0) is 54.8 Å². The molecule has 4 heteroatoms. The molecule has 0 N–H and O–H groups in total. The van der Waals surface area contributed by atoms with E-state index in [2.05, 4.69) is 6.92 Å². The minimum atomic E-state index is -0.345. The summed E-state index contributed by atoms with van der Waals surface area (Å²) in [5.74, 6) is 1.54. The van der Waals surface area contributed by atoms with E-state index in [-0.39, 0.29) is 5.63 Å². The van der Waals surface area contributed by atoms with E-state index >= 15 is 0 Å². The third-order valence-electron chi connectivity index (χ3n) is 5.51. The third kappa shape index (κ3) is 6.24. The maximum Gasteiger partial charge on any atom is 0.343 e. The summed E-state index contributed by atoms with van der Waals surface area (Å²) in [6.45, 7) is 4.86. The lowest BCUT2D eigenvalue weighted by atomic mass is 10.0. The Morgan fingerprint density at radius 2 is 1.61 bits per heavy atom. The number of unbranched alkanes of at least 4 members (excludes halogenated alkanes) is 5. The smallest absolute Gasteiger partial charge is 0.343 e. The molecule has 3 aromatic rings. The predicted molar refractivity (Wildman–Crippen MR) is 128 cm³/mol. The van der Waals surface area contributed by atoms with Crippen molar-refractivity contribution in [2.24, 2.45) is 0 Å². The van der Waals surface area contributed by atoms with Crippen molar-refractivity contribution in [1.29, 1.82) is 0 Å². The van der Waals surface area contributed by atoms with Gasteiger partial charge < -0.3 is 13.9 Å². The highest BCUT2D eigenvalue weighted by Crippen LogP contribution is 2.25. The molecule has 164 valence electrons. The summed E-state index contributed by atoms with van der Waals surface area (Å²) in [6.07, 6.45) is 11.1. The molecular formula is C27H32O4. The summed E-state index contributed by atoms with van der Waals surface area (Å²) in [6, 6.07) is 13.4. The molecular weight excluding hydrogens is 388 g/mol. The first-order valence-corrected chi connectivity index (χ1v) is 11.1. The Morgan fingerprint density at radius 1 is 0.903 bits per heavy atom. The molecule has 0 spiro atoms.